The number of hydrogen-bond acceptors (Lipinski definition) is 0. The lowest BCUT2D eigenvalue weighted by Crippen LogP contribution is -2.11. The normalized spacial score (nSPS) is 50.1. The Morgan fingerprint density at radius 1 is 1.00 bits per heavy atom. The zero-order chi connectivity index (χ0) is 7.42. The van der Waals surface area contributed by atoms with Crippen molar-refractivity contribution in [1.82, 2.24) is 0 Å². The molecular formula is C11H12. The van der Waals surface area contributed by atoms with Crippen LogP contribution >= 0.6 is 0 Å². The van der Waals surface area contributed by atoms with Crippen LogP contribution in [0.3, 0.4) is 0 Å². The molecule has 0 aliphatic heterocycles. The van der Waals surface area contributed by atoms with Gasteiger partial charge in [0.15, 0.2) is 0 Å². The third-order valence-electron chi connectivity index (χ3n) is 3.38. The first-order valence-electron chi connectivity index (χ1n) is 4.41. The minimum atomic E-state index is 0.763. The van der Waals surface area contributed by atoms with Crippen LogP contribution in [0.4, 0.5) is 0 Å². The first-order chi connectivity index (χ1) is 5.36. The SMILES string of the molecule is CC1=C[C@H]2C=C[C@@H]3C=C[C@H]1[C@@H]32. The van der Waals surface area contributed by atoms with E-state index >= 15 is 0 Å². The average Bonchev–Trinajstić information content (AvgIpc) is 2.53. The van der Waals surface area contributed by atoms with Crippen molar-refractivity contribution < 1.29 is 0 Å². The van der Waals surface area contributed by atoms with Crippen LogP contribution in [0.5, 0.6) is 0 Å². The van der Waals surface area contributed by atoms with Crippen molar-refractivity contribution in [1.29, 1.82) is 0 Å². The molecule has 0 heterocycles. The third kappa shape index (κ3) is 0.563. The van der Waals surface area contributed by atoms with Crippen LogP contribution in [0.15, 0.2) is 36.0 Å². The Morgan fingerprint density at radius 2 is 1.73 bits per heavy atom. The molecule has 3 aliphatic carbocycles. The van der Waals surface area contributed by atoms with E-state index in [4.69, 9.17) is 0 Å². The van der Waals surface area contributed by atoms with Crippen molar-refractivity contribution >= 4 is 0 Å². The van der Waals surface area contributed by atoms with Gasteiger partial charge in [-0.25, -0.2) is 0 Å². The minimum Gasteiger partial charge on any atom is -0.0807 e. The number of allylic oxidation sites excluding steroid dienone is 6. The zero-order valence-electron chi connectivity index (χ0n) is 6.70. The van der Waals surface area contributed by atoms with Crippen LogP contribution in [-0.4, -0.2) is 0 Å². The van der Waals surface area contributed by atoms with E-state index in [0.29, 0.717) is 0 Å². The van der Waals surface area contributed by atoms with Crippen LogP contribution in [0.2, 0.25) is 0 Å². The molecule has 0 spiro atoms. The van der Waals surface area contributed by atoms with Gasteiger partial charge < -0.3 is 0 Å². The molecule has 0 heteroatoms. The molecule has 11 heavy (non-hydrogen) atoms. The Kier molecular flexibility index (Phi) is 0.892. The van der Waals surface area contributed by atoms with Gasteiger partial charge in [0.25, 0.3) is 0 Å². The summed E-state index contributed by atoms with van der Waals surface area (Å²) in [6.07, 6.45) is 12.0. The summed E-state index contributed by atoms with van der Waals surface area (Å²) >= 11 is 0. The molecule has 4 atom stereocenters. The van der Waals surface area contributed by atoms with Crippen LogP contribution in [0.25, 0.3) is 0 Å². The highest BCUT2D eigenvalue weighted by Crippen LogP contribution is 2.50. The van der Waals surface area contributed by atoms with Gasteiger partial charge in [0.05, 0.1) is 0 Å². The fourth-order valence-corrected chi connectivity index (χ4v) is 2.85. The quantitative estimate of drug-likeness (QED) is 0.458. The molecule has 0 nitrogen and oxygen atoms in total. The van der Waals surface area contributed by atoms with Crippen LogP contribution < -0.4 is 0 Å². The highest BCUT2D eigenvalue weighted by molar-refractivity contribution is 5.36. The van der Waals surface area contributed by atoms with Gasteiger partial charge in [0.1, 0.15) is 0 Å². The monoisotopic (exact) mass is 144 g/mol. The summed E-state index contributed by atoms with van der Waals surface area (Å²) in [4.78, 5) is 0. The summed E-state index contributed by atoms with van der Waals surface area (Å²) < 4.78 is 0. The average molecular weight is 144 g/mol. The summed E-state index contributed by atoms with van der Waals surface area (Å²) in [5.74, 6) is 3.19. The maximum atomic E-state index is 2.44. The maximum absolute atomic E-state index is 2.44. The second-order valence-corrected chi connectivity index (χ2v) is 3.94. The number of rotatable bonds is 0. The first kappa shape index (κ1) is 5.82. The van der Waals surface area contributed by atoms with Gasteiger partial charge in [-0.1, -0.05) is 36.0 Å². The van der Waals surface area contributed by atoms with E-state index < -0.39 is 0 Å². The van der Waals surface area contributed by atoms with E-state index in [1.807, 2.05) is 0 Å². The predicted octanol–water partition coefficient (Wildman–Crippen LogP) is 2.55. The van der Waals surface area contributed by atoms with Gasteiger partial charge in [-0.3, -0.25) is 0 Å². The lowest BCUT2D eigenvalue weighted by Gasteiger charge is -2.15. The van der Waals surface area contributed by atoms with Crippen molar-refractivity contribution in [3.8, 4) is 0 Å². The largest absolute Gasteiger partial charge is 0.0807 e. The Balaban J connectivity index is 2.13. The van der Waals surface area contributed by atoms with Gasteiger partial charge in [-0.15, -0.1) is 0 Å². The molecule has 0 fully saturated rings. The fourth-order valence-electron chi connectivity index (χ4n) is 2.85. The lowest BCUT2D eigenvalue weighted by molar-refractivity contribution is 0.412. The van der Waals surface area contributed by atoms with Crippen LogP contribution in [-0.2, 0) is 0 Å². The standard InChI is InChI=1S/C11H12/c1-7-6-9-3-2-8-4-5-10(7)11(8)9/h2-6,8-11H,1H3/t8-,9-,10-,11+/m1/s1. The van der Waals surface area contributed by atoms with Crippen molar-refractivity contribution in [2.75, 3.05) is 0 Å². The molecule has 56 valence electrons. The summed E-state index contributed by atoms with van der Waals surface area (Å²) in [6.45, 7) is 2.27. The Bertz CT molecular complexity index is 280. The first-order valence-corrected chi connectivity index (χ1v) is 4.41. The van der Waals surface area contributed by atoms with Crippen molar-refractivity contribution in [3.05, 3.63) is 36.0 Å². The molecular weight excluding hydrogens is 132 g/mol. The van der Waals surface area contributed by atoms with Gasteiger partial charge in [-0.05, 0) is 24.7 Å². The fraction of sp³-hybridized carbons (Fsp3) is 0.455. The van der Waals surface area contributed by atoms with Crippen LogP contribution in [0, 0.1) is 23.7 Å². The summed E-state index contributed by atoms with van der Waals surface area (Å²) in [5.41, 5.74) is 1.59. The van der Waals surface area contributed by atoms with E-state index in [-0.39, 0.29) is 0 Å². The molecule has 0 amide bonds. The molecule has 0 aromatic heterocycles. The lowest BCUT2D eigenvalue weighted by atomic mass is 9.87. The molecule has 0 N–H and O–H groups in total. The predicted molar refractivity (Wildman–Crippen MR) is 46.0 cm³/mol. The smallest absolute Gasteiger partial charge is 0.00199 e. The Labute approximate surface area is 67.3 Å². The third-order valence-corrected chi connectivity index (χ3v) is 3.38. The van der Waals surface area contributed by atoms with Gasteiger partial charge in [-0.2, -0.15) is 0 Å². The molecule has 0 saturated carbocycles. The molecule has 0 saturated heterocycles. The molecule has 0 aromatic rings. The van der Waals surface area contributed by atoms with Crippen molar-refractivity contribution in [2.24, 2.45) is 23.7 Å². The summed E-state index contributed by atoms with van der Waals surface area (Å²) in [7, 11) is 0. The van der Waals surface area contributed by atoms with Gasteiger partial charge >= 0.3 is 0 Å². The molecule has 0 aromatic carbocycles. The van der Waals surface area contributed by atoms with Gasteiger partial charge in [0, 0.05) is 5.92 Å². The zero-order valence-corrected chi connectivity index (χ0v) is 6.70. The Hall–Kier alpha value is -0.780. The Morgan fingerprint density at radius 3 is 2.64 bits per heavy atom. The number of hydrogen-bond donors (Lipinski definition) is 0. The molecule has 0 unspecified atom stereocenters. The van der Waals surface area contributed by atoms with Crippen LogP contribution in [0.1, 0.15) is 6.92 Å². The van der Waals surface area contributed by atoms with Crippen molar-refractivity contribution in [3.63, 3.8) is 0 Å². The summed E-state index contributed by atoms with van der Waals surface area (Å²) in [5, 5.41) is 0. The molecule has 0 radical (unpaired) electrons. The highest BCUT2D eigenvalue weighted by Gasteiger charge is 2.42. The molecule has 3 rings (SSSR count). The minimum absolute atomic E-state index is 0.763. The van der Waals surface area contributed by atoms with E-state index in [9.17, 15) is 0 Å². The second kappa shape index (κ2) is 1.69. The highest BCUT2D eigenvalue weighted by atomic mass is 14.5. The molecule has 0 bridgehead atoms. The summed E-state index contributed by atoms with van der Waals surface area (Å²) in [6, 6.07) is 0. The topological polar surface area (TPSA) is 0 Å². The second-order valence-electron chi connectivity index (χ2n) is 3.94. The van der Waals surface area contributed by atoms with Crippen molar-refractivity contribution in [2.45, 2.75) is 6.92 Å². The van der Waals surface area contributed by atoms with E-state index in [1.165, 1.54) is 0 Å². The van der Waals surface area contributed by atoms with E-state index in [0.717, 1.165) is 23.7 Å². The van der Waals surface area contributed by atoms with E-state index in [1.54, 1.807) is 5.57 Å². The maximum Gasteiger partial charge on any atom is 0.00199 e. The van der Waals surface area contributed by atoms with Gasteiger partial charge in [0.2, 0.25) is 0 Å². The van der Waals surface area contributed by atoms with E-state index in [2.05, 4.69) is 37.3 Å². The molecule has 3 aliphatic rings.